The molecule has 0 aliphatic rings. The molecule has 0 radical (unpaired) electrons. The molecule has 8 heavy (non-hydrogen) atoms. The first-order valence-electron chi connectivity index (χ1n) is 2.18. The number of hydrogen-bond donors (Lipinski definition) is 0. The maximum Gasteiger partial charge on any atom is 0.106 e. The molecule has 0 spiro atoms. The van der Waals surface area contributed by atoms with Crippen molar-refractivity contribution in [1.82, 2.24) is 0 Å². The van der Waals surface area contributed by atoms with Gasteiger partial charge in [0.25, 0.3) is 0 Å². The molecule has 0 saturated heterocycles. The van der Waals surface area contributed by atoms with Crippen LogP contribution >= 0.6 is 0 Å². The molecule has 0 fully saturated rings. The van der Waals surface area contributed by atoms with E-state index in [0.29, 0.717) is 0 Å². The summed E-state index contributed by atoms with van der Waals surface area (Å²) < 4.78 is 4.83. The Hall–Kier alpha value is -1.05. The van der Waals surface area contributed by atoms with Crippen molar-refractivity contribution in [2.45, 2.75) is 6.92 Å². The number of carbonyl (C=O) groups is 1. The van der Waals surface area contributed by atoms with Gasteiger partial charge in [-0.25, -0.2) is 0 Å². The number of hydrogen-bond acceptors (Lipinski definition) is 2. The van der Waals surface area contributed by atoms with Crippen molar-refractivity contribution < 1.29 is 9.21 Å². The average molecular weight is 112 g/mol. The predicted octanol–water partition coefficient (Wildman–Crippen LogP) is 1.40. The highest BCUT2D eigenvalue weighted by atomic mass is 16.3. The van der Waals surface area contributed by atoms with Gasteiger partial charge in [-0.2, -0.15) is 0 Å². The van der Waals surface area contributed by atoms with E-state index in [1.54, 1.807) is 6.26 Å². The fraction of sp³-hybridized carbons (Fsp3) is 0.167. The van der Waals surface area contributed by atoms with Crippen LogP contribution in [0.5, 0.6) is 0 Å². The lowest BCUT2D eigenvalue weighted by Gasteiger charge is -1.69. The highest BCUT2D eigenvalue weighted by molar-refractivity contribution is 5.10. The first kappa shape index (κ1) is 6.95. The molecule has 0 saturated carbocycles. The van der Waals surface area contributed by atoms with E-state index in [9.17, 15) is 0 Å². The van der Waals surface area contributed by atoms with Crippen LogP contribution in [0, 0.1) is 6.92 Å². The first-order valence-corrected chi connectivity index (χ1v) is 2.18. The lowest BCUT2D eigenvalue weighted by Crippen LogP contribution is -1.48. The minimum atomic E-state index is 0.968. The predicted molar refractivity (Wildman–Crippen MR) is 30.6 cm³/mol. The number of rotatable bonds is 0. The van der Waals surface area contributed by atoms with Crippen molar-refractivity contribution >= 4 is 6.79 Å². The van der Waals surface area contributed by atoms with Gasteiger partial charge in [-0.05, 0) is 19.1 Å². The van der Waals surface area contributed by atoms with Crippen molar-refractivity contribution in [3.05, 3.63) is 24.2 Å². The molecule has 0 amide bonds. The molecule has 0 bridgehead atoms. The molecule has 0 atom stereocenters. The SMILES string of the molecule is C=O.Cc1ccco1. The molecule has 0 aliphatic carbocycles. The van der Waals surface area contributed by atoms with Gasteiger partial charge >= 0.3 is 0 Å². The minimum Gasteiger partial charge on any atom is -0.470 e. The summed E-state index contributed by atoms with van der Waals surface area (Å²) in [7, 11) is 0. The van der Waals surface area contributed by atoms with Crippen molar-refractivity contribution in [2.75, 3.05) is 0 Å². The second kappa shape index (κ2) is 4.12. The van der Waals surface area contributed by atoms with E-state index in [4.69, 9.17) is 9.21 Å². The standard InChI is InChI=1S/C5H6O.CH2O/c1-5-3-2-4-6-5;1-2/h2-4H,1H3;1H2. The van der Waals surface area contributed by atoms with E-state index in [0.717, 1.165) is 5.76 Å². The molecule has 1 aromatic rings. The molecule has 1 rings (SSSR count). The molecule has 0 aliphatic heterocycles. The van der Waals surface area contributed by atoms with Crippen molar-refractivity contribution in [2.24, 2.45) is 0 Å². The Morgan fingerprint density at radius 2 is 2.25 bits per heavy atom. The Balaban J connectivity index is 0.000000222. The zero-order chi connectivity index (χ0) is 6.41. The zero-order valence-corrected chi connectivity index (χ0v) is 4.76. The molecule has 44 valence electrons. The van der Waals surface area contributed by atoms with Gasteiger partial charge in [0.05, 0.1) is 6.26 Å². The van der Waals surface area contributed by atoms with E-state index in [1.807, 2.05) is 25.8 Å². The van der Waals surface area contributed by atoms with E-state index < -0.39 is 0 Å². The molecule has 2 nitrogen and oxygen atoms in total. The fourth-order valence-electron chi connectivity index (χ4n) is 0.361. The highest BCUT2D eigenvalue weighted by Crippen LogP contribution is 1.93. The van der Waals surface area contributed by atoms with Crippen LogP contribution in [-0.2, 0) is 4.79 Å². The third-order valence-electron chi connectivity index (χ3n) is 0.663. The number of furan rings is 1. The van der Waals surface area contributed by atoms with Crippen LogP contribution in [0.4, 0.5) is 0 Å². The van der Waals surface area contributed by atoms with E-state index in [2.05, 4.69) is 0 Å². The summed E-state index contributed by atoms with van der Waals surface area (Å²) in [5.74, 6) is 0.968. The molecule has 0 N–H and O–H groups in total. The summed E-state index contributed by atoms with van der Waals surface area (Å²) >= 11 is 0. The molecular formula is C6H8O2. The molecule has 1 heterocycles. The Labute approximate surface area is 48.1 Å². The van der Waals surface area contributed by atoms with Crippen LogP contribution in [0.3, 0.4) is 0 Å². The molecule has 0 aromatic carbocycles. The van der Waals surface area contributed by atoms with Gasteiger partial charge in [0, 0.05) is 0 Å². The Kier molecular flexibility index (Phi) is 3.58. The lowest BCUT2D eigenvalue weighted by molar-refractivity contribution is -0.0979. The van der Waals surface area contributed by atoms with Gasteiger partial charge in [0.1, 0.15) is 12.5 Å². The maximum absolute atomic E-state index is 8.00. The molecular weight excluding hydrogens is 104 g/mol. The van der Waals surface area contributed by atoms with Gasteiger partial charge in [-0.15, -0.1) is 0 Å². The summed E-state index contributed by atoms with van der Waals surface area (Å²) in [4.78, 5) is 8.00. The molecule has 0 unspecified atom stereocenters. The van der Waals surface area contributed by atoms with Crippen LogP contribution < -0.4 is 0 Å². The molecule has 1 aromatic heterocycles. The second-order valence-electron chi connectivity index (χ2n) is 1.22. The van der Waals surface area contributed by atoms with Crippen molar-refractivity contribution in [3.8, 4) is 0 Å². The summed E-state index contributed by atoms with van der Waals surface area (Å²) in [6.45, 7) is 3.92. The normalized spacial score (nSPS) is 7.12. The number of carbonyl (C=O) groups excluding carboxylic acids is 1. The van der Waals surface area contributed by atoms with E-state index in [1.165, 1.54) is 0 Å². The van der Waals surface area contributed by atoms with Gasteiger partial charge in [-0.3, -0.25) is 0 Å². The third-order valence-corrected chi connectivity index (χ3v) is 0.663. The Bertz CT molecular complexity index is 121. The monoisotopic (exact) mass is 112 g/mol. The van der Waals surface area contributed by atoms with Gasteiger partial charge in [0.2, 0.25) is 0 Å². The summed E-state index contributed by atoms with van der Waals surface area (Å²) in [6, 6.07) is 3.79. The average Bonchev–Trinajstić information content (AvgIpc) is 2.24. The summed E-state index contributed by atoms with van der Waals surface area (Å²) in [6.07, 6.45) is 1.66. The summed E-state index contributed by atoms with van der Waals surface area (Å²) in [5.41, 5.74) is 0. The smallest absolute Gasteiger partial charge is 0.106 e. The molecule has 2 heteroatoms. The third kappa shape index (κ3) is 2.18. The second-order valence-corrected chi connectivity index (χ2v) is 1.22. The topological polar surface area (TPSA) is 30.2 Å². The quantitative estimate of drug-likeness (QED) is 0.507. The van der Waals surface area contributed by atoms with Crippen LogP contribution in [-0.4, -0.2) is 6.79 Å². The maximum atomic E-state index is 8.00. The first-order chi connectivity index (χ1) is 3.89. The van der Waals surface area contributed by atoms with E-state index >= 15 is 0 Å². The van der Waals surface area contributed by atoms with E-state index in [-0.39, 0.29) is 0 Å². The van der Waals surface area contributed by atoms with Crippen LogP contribution in [0.2, 0.25) is 0 Å². The summed E-state index contributed by atoms with van der Waals surface area (Å²) in [5, 5.41) is 0. The van der Waals surface area contributed by atoms with Crippen molar-refractivity contribution in [3.63, 3.8) is 0 Å². The fourth-order valence-corrected chi connectivity index (χ4v) is 0.361. The minimum absolute atomic E-state index is 0.968. The Morgan fingerprint density at radius 3 is 2.38 bits per heavy atom. The van der Waals surface area contributed by atoms with Crippen LogP contribution in [0.1, 0.15) is 5.76 Å². The van der Waals surface area contributed by atoms with Gasteiger partial charge in [0.15, 0.2) is 0 Å². The van der Waals surface area contributed by atoms with Gasteiger partial charge < -0.3 is 9.21 Å². The van der Waals surface area contributed by atoms with Crippen LogP contribution in [0.15, 0.2) is 22.8 Å². The lowest BCUT2D eigenvalue weighted by atomic mass is 10.5. The van der Waals surface area contributed by atoms with Gasteiger partial charge in [-0.1, -0.05) is 0 Å². The largest absolute Gasteiger partial charge is 0.470 e. The Morgan fingerprint density at radius 1 is 1.62 bits per heavy atom. The number of aryl methyl sites for hydroxylation is 1. The zero-order valence-electron chi connectivity index (χ0n) is 4.76. The van der Waals surface area contributed by atoms with Crippen LogP contribution in [0.25, 0.3) is 0 Å². The highest BCUT2D eigenvalue weighted by Gasteiger charge is 1.75. The van der Waals surface area contributed by atoms with Crippen molar-refractivity contribution in [1.29, 1.82) is 0 Å².